The Hall–Kier alpha value is -3.23. The fourth-order valence-electron chi connectivity index (χ4n) is 3.81. The van der Waals surface area contributed by atoms with Gasteiger partial charge in [-0.15, -0.1) is 10.2 Å². The Bertz CT molecular complexity index is 1100. The van der Waals surface area contributed by atoms with E-state index >= 15 is 0 Å². The zero-order chi connectivity index (χ0) is 24.8. The van der Waals surface area contributed by atoms with Gasteiger partial charge >= 0.3 is 12.6 Å². The Morgan fingerprint density at radius 1 is 1.26 bits per heavy atom. The molecule has 0 bridgehead atoms. The summed E-state index contributed by atoms with van der Waals surface area (Å²) in [5.74, 6) is -6.48. The van der Waals surface area contributed by atoms with E-state index in [1.807, 2.05) is 0 Å². The maximum Gasteiger partial charge on any atom is 0.405 e. The first-order valence-electron chi connectivity index (χ1n) is 9.90. The second-order valence-corrected chi connectivity index (χ2v) is 7.80. The van der Waals surface area contributed by atoms with Crippen molar-refractivity contribution in [2.24, 2.45) is 0 Å². The summed E-state index contributed by atoms with van der Waals surface area (Å²) in [6.45, 7) is -2.29. The molecule has 4 rings (SSSR count). The van der Waals surface area contributed by atoms with Gasteiger partial charge in [0.1, 0.15) is 12.6 Å². The highest BCUT2D eigenvalue weighted by atomic mass is 19.4. The second-order valence-electron chi connectivity index (χ2n) is 7.80. The highest BCUT2D eigenvalue weighted by molar-refractivity contribution is 5.99. The molecule has 1 N–H and O–H groups in total. The van der Waals surface area contributed by atoms with Crippen LogP contribution in [-0.4, -0.2) is 63.3 Å². The number of hydrogen-bond acceptors (Lipinski definition) is 6. The van der Waals surface area contributed by atoms with Gasteiger partial charge in [-0.3, -0.25) is 14.6 Å². The fourth-order valence-corrected chi connectivity index (χ4v) is 3.81. The van der Waals surface area contributed by atoms with Crippen molar-refractivity contribution in [1.82, 2.24) is 25.5 Å². The van der Waals surface area contributed by atoms with E-state index in [0.29, 0.717) is 5.56 Å². The molecule has 34 heavy (non-hydrogen) atoms. The summed E-state index contributed by atoms with van der Waals surface area (Å²) >= 11 is 0. The predicted octanol–water partition coefficient (Wildman–Crippen LogP) is 3.32. The van der Waals surface area contributed by atoms with Crippen LogP contribution in [0.5, 0.6) is 0 Å². The number of rotatable bonds is 5. The molecule has 3 heterocycles. The topological polar surface area (TPSA) is 91.6 Å². The normalized spacial score (nSPS) is 20.6. The number of hydrogen-bond donors (Lipinski definition) is 1. The van der Waals surface area contributed by atoms with E-state index in [1.165, 1.54) is 18.2 Å². The smallest absolute Gasteiger partial charge is 0.405 e. The van der Waals surface area contributed by atoms with Crippen LogP contribution in [0.1, 0.15) is 41.1 Å². The Balaban J connectivity index is 1.57. The summed E-state index contributed by atoms with van der Waals surface area (Å²) in [6.07, 6.45) is -9.52. The van der Waals surface area contributed by atoms with Gasteiger partial charge in [-0.1, -0.05) is 6.07 Å². The Kier molecular flexibility index (Phi) is 5.99. The molecule has 0 radical (unpaired) electrons. The molecule has 0 saturated carbocycles. The van der Waals surface area contributed by atoms with E-state index in [4.69, 9.17) is 4.42 Å². The SMILES string of the molecule is O=C(NCC(F)(F)F)C1CC(F)(F)CCN1N1Cc2ccc(-c3nnc(C(F)F)o3)cc2C1=O. The van der Waals surface area contributed by atoms with Crippen LogP contribution in [0, 0.1) is 0 Å². The van der Waals surface area contributed by atoms with Crippen molar-refractivity contribution < 1.29 is 44.7 Å². The van der Waals surface area contributed by atoms with Gasteiger partial charge in [-0.2, -0.15) is 22.0 Å². The van der Waals surface area contributed by atoms with Crippen molar-refractivity contribution in [3.8, 4) is 11.5 Å². The molecule has 2 aliphatic heterocycles. The van der Waals surface area contributed by atoms with Gasteiger partial charge in [-0.25, -0.2) is 13.8 Å². The first kappa shape index (κ1) is 23.9. The second kappa shape index (κ2) is 8.52. The highest BCUT2D eigenvalue weighted by Gasteiger charge is 2.48. The molecule has 0 aliphatic carbocycles. The van der Waals surface area contributed by atoms with Gasteiger partial charge in [-0.05, 0) is 17.7 Å². The fraction of sp³-hybridized carbons (Fsp3) is 0.474. The largest absolute Gasteiger partial charge is 0.415 e. The Morgan fingerprint density at radius 3 is 2.65 bits per heavy atom. The number of piperidine rings is 1. The van der Waals surface area contributed by atoms with Gasteiger partial charge < -0.3 is 9.73 Å². The van der Waals surface area contributed by atoms with Crippen LogP contribution < -0.4 is 5.32 Å². The van der Waals surface area contributed by atoms with E-state index in [2.05, 4.69) is 10.2 Å². The molecule has 8 nitrogen and oxygen atoms in total. The van der Waals surface area contributed by atoms with Gasteiger partial charge in [0.2, 0.25) is 11.8 Å². The lowest BCUT2D eigenvalue weighted by Gasteiger charge is -2.42. The number of fused-ring (bicyclic) bond motifs is 1. The molecular weight excluding hydrogens is 479 g/mol. The zero-order valence-corrected chi connectivity index (χ0v) is 17.1. The molecular formula is C19H16F7N5O3. The minimum atomic E-state index is -4.74. The molecule has 184 valence electrons. The highest BCUT2D eigenvalue weighted by Crippen LogP contribution is 2.36. The number of halogens is 7. The molecule has 1 fully saturated rings. The van der Waals surface area contributed by atoms with Gasteiger partial charge in [0.25, 0.3) is 17.7 Å². The maximum absolute atomic E-state index is 14.0. The molecule has 0 spiro atoms. The summed E-state index contributed by atoms with van der Waals surface area (Å²) in [4.78, 5) is 25.4. The number of benzene rings is 1. The number of hydrazine groups is 1. The zero-order valence-electron chi connectivity index (χ0n) is 17.1. The van der Waals surface area contributed by atoms with E-state index in [0.717, 1.165) is 10.0 Å². The molecule has 1 saturated heterocycles. The Morgan fingerprint density at radius 2 is 2.00 bits per heavy atom. The number of amides is 2. The minimum absolute atomic E-state index is 0.0704. The minimum Gasteiger partial charge on any atom is -0.415 e. The summed E-state index contributed by atoms with van der Waals surface area (Å²) < 4.78 is 95.8. The molecule has 1 unspecified atom stereocenters. The van der Waals surface area contributed by atoms with Crippen LogP contribution >= 0.6 is 0 Å². The van der Waals surface area contributed by atoms with E-state index in [-0.39, 0.29) is 23.6 Å². The molecule has 2 amide bonds. The lowest BCUT2D eigenvalue weighted by molar-refractivity contribution is -0.163. The molecule has 15 heteroatoms. The number of carbonyl (C=O) groups excluding carboxylic acids is 2. The van der Waals surface area contributed by atoms with Gasteiger partial charge in [0.05, 0.1) is 6.54 Å². The summed E-state index contributed by atoms with van der Waals surface area (Å²) in [5, 5.41) is 10.3. The average Bonchev–Trinajstić information content (AvgIpc) is 3.36. The van der Waals surface area contributed by atoms with Crippen molar-refractivity contribution in [1.29, 1.82) is 0 Å². The summed E-state index contributed by atoms with van der Waals surface area (Å²) in [7, 11) is 0. The quantitative estimate of drug-likeness (QED) is 0.641. The lowest BCUT2D eigenvalue weighted by atomic mass is 9.99. The summed E-state index contributed by atoms with van der Waals surface area (Å²) in [5.41, 5.74) is 0.646. The van der Waals surface area contributed by atoms with Crippen LogP contribution in [-0.2, 0) is 11.3 Å². The number of nitrogens with one attached hydrogen (secondary N) is 1. The number of aromatic nitrogens is 2. The third-order valence-corrected chi connectivity index (χ3v) is 5.40. The van der Waals surface area contributed by atoms with Gasteiger partial charge in [0.15, 0.2) is 0 Å². The Labute approximate surface area is 186 Å². The first-order valence-corrected chi connectivity index (χ1v) is 9.90. The molecule has 1 aromatic heterocycles. The van der Waals surface area contributed by atoms with E-state index in [1.54, 1.807) is 5.32 Å². The van der Waals surface area contributed by atoms with Crippen molar-refractivity contribution >= 4 is 11.8 Å². The monoisotopic (exact) mass is 495 g/mol. The molecule has 2 aromatic rings. The third kappa shape index (κ3) is 4.83. The number of alkyl halides is 7. The van der Waals surface area contributed by atoms with Crippen molar-refractivity contribution in [2.75, 3.05) is 13.1 Å². The van der Waals surface area contributed by atoms with Crippen LogP contribution in [0.3, 0.4) is 0 Å². The van der Waals surface area contributed by atoms with Crippen LogP contribution in [0.15, 0.2) is 22.6 Å². The van der Waals surface area contributed by atoms with Crippen molar-refractivity contribution in [2.45, 2.75) is 44.0 Å². The van der Waals surface area contributed by atoms with Crippen LogP contribution in [0.25, 0.3) is 11.5 Å². The van der Waals surface area contributed by atoms with Gasteiger partial charge in [0, 0.05) is 30.5 Å². The van der Waals surface area contributed by atoms with E-state index in [9.17, 15) is 40.3 Å². The predicted molar refractivity (Wildman–Crippen MR) is 98.3 cm³/mol. The lowest BCUT2D eigenvalue weighted by Crippen LogP contribution is -2.60. The summed E-state index contributed by atoms with van der Waals surface area (Å²) in [6, 6.07) is 2.47. The maximum atomic E-state index is 14.0. The third-order valence-electron chi connectivity index (χ3n) is 5.40. The van der Waals surface area contributed by atoms with Crippen LogP contribution in [0.4, 0.5) is 30.7 Å². The molecule has 2 aliphatic rings. The first-order chi connectivity index (χ1) is 15.8. The molecule has 1 atom stereocenters. The van der Waals surface area contributed by atoms with Crippen molar-refractivity contribution in [3.63, 3.8) is 0 Å². The molecule has 1 aromatic carbocycles. The standard InChI is InChI=1S/C19H16F7N5O3/c20-13(21)16-29-28-15(34-16)9-1-2-10-7-31(17(33)11(10)5-9)30-4-3-18(22,23)6-12(30)14(32)27-8-19(24,25)26/h1-2,5,12-13H,3-4,6-8H2,(H,27,32). The van der Waals surface area contributed by atoms with Crippen molar-refractivity contribution in [3.05, 3.63) is 35.2 Å². The number of carbonyl (C=O) groups is 2. The number of nitrogens with zero attached hydrogens (tertiary/aromatic N) is 4. The van der Waals surface area contributed by atoms with Crippen LogP contribution in [0.2, 0.25) is 0 Å². The average molecular weight is 495 g/mol. The van der Waals surface area contributed by atoms with E-state index < -0.39 is 68.2 Å².